The minimum atomic E-state index is 0.257. The third-order valence-corrected chi connectivity index (χ3v) is 3.39. The summed E-state index contributed by atoms with van der Waals surface area (Å²) < 4.78 is 11.9. The first-order valence-corrected chi connectivity index (χ1v) is 6.65. The molecule has 2 rings (SSSR count). The molecule has 1 aliphatic heterocycles. The summed E-state index contributed by atoms with van der Waals surface area (Å²) in [6, 6.07) is 4.18. The normalized spacial score (nSPS) is 22.5. The van der Waals surface area contributed by atoms with Gasteiger partial charge in [-0.2, -0.15) is 0 Å². The van der Waals surface area contributed by atoms with Gasteiger partial charge in [0.05, 0.1) is 12.1 Å². The average Bonchev–Trinajstić information content (AvgIpc) is 2.89. The number of furan rings is 1. The topological polar surface area (TPSA) is 34.4 Å². The molecule has 0 saturated carbocycles. The first-order chi connectivity index (χ1) is 7.75. The van der Waals surface area contributed by atoms with Crippen molar-refractivity contribution in [3.05, 3.63) is 22.6 Å². The average molecular weight is 288 g/mol. The van der Waals surface area contributed by atoms with Crippen molar-refractivity contribution < 1.29 is 9.15 Å². The molecule has 3 nitrogen and oxygen atoms in total. The van der Waals surface area contributed by atoms with Crippen molar-refractivity contribution >= 4 is 15.9 Å². The number of nitrogens with one attached hydrogen (secondary N) is 1. The third-order valence-electron chi connectivity index (χ3n) is 2.96. The van der Waals surface area contributed by atoms with Gasteiger partial charge < -0.3 is 14.5 Å². The zero-order valence-electron chi connectivity index (χ0n) is 9.54. The summed E-state index contributed by atoms with van der Waals surface area (Å²) in [5, 5.41) is 3.44. The first-order valence-electron chi connectivity index (χ1n) is 5.86. The van der Waals surface area contributed by atoms with Gasteiger partial charge in [0.1, 0.15) is 5.76 Å². The minimum Gasteiger partial charge on any atom is -0.453 e. The maximum absolute atomic E-state index is 5.57. The van der Waals surface area contributed by atoms with Crippen LogP contribution in [0.4, 0.5) is 0 Å². The van der Waals surface area contributed by atoms with Gasteiger partial charge in [-0.25, -0.2) is 0 Å². The number of hydrogen-bond acceptors (Lipinski definition) is 3. The highest BCUT2D eigenvalue weighted by Crippen LogP contribution is 2.20. The number of rotatable bonds is 5. The molecule has 0 aromatic carbocycles. The second-order valence-electron chi connectivity index (χ2n) is 4.24. The summed E-state index contributed by atoms with van der Waals surface area (Å²) in [5.74, 6) is 0.971. The fourth-order valence-electron chi connectivity index (χ4n) is 1.99. The molecule has 16 heavy (non-hydrogen) atoms. The second kappa shape index (κ2) is 5.84. The molecule has 1 fully saturated rings. The quantitative estimate of drug-likeness (QED) is 0.903. The Labute approximate surface area is 105 Å². The summed E-state index contributed by atoms with van der Waals surface area (Å²) in [6.45, 7) is 4.02. The van der Waals surface area contributed by atoms with Crippen LogP contribution in [0.15, 0.2) is 21.2 Å². The highest BCUT2D eigenvalue weighted by molar-refractivity contribution is 9.10. The molecule has 2 heterocycles. The molecule has 1 aromatic rings. The molecule has 1 aromatic heterocycles. The number of halogens is 1. The molecule has 0 bridgehead atoms. The Morgan fingerprint density at radius 2 is 2.44 bits per heavy atom. The monoisotopic (exact) mass is 287 g/mol. The van der Waals surface area contributed by atoms with Crippen LogP contribution in [0.25, 0.3) is 0 Å². The van der Waals surface area contributed by atoms with Gasteiger partial charge >= 0.3 is 0 Å². The Hall–Kier alpha value is -0.320. The molecule has 1 aliphatic rings. The van der Waals surface area contributed by atoms with Crippen molar-refractivity contribution in [3.63, 3.8) is 0 Å². The van der Waals surface area contributed by atoms with Crippen LogP contribution >= 0.6 is 15.9 Å². The van der Waals surface area contributed by atoms with Gasteiger partial charge in [0, 0.05) is 6.61 Å². The largest absolute Gasteiger partial charge is 0.453 e. The van der Waals surface area contributed by atoms with E-state index in [4.69, 9.17) is 9.15 Å². The van der Waals surface area contributed by atoms with E-state index in [2.05, 4.69) is 28.2 Å². The van der Waals surface area contributed by atoms with Crippen molar-refractivity contribution in [1.29, 1.82) is 0 Å². The zero-order chi connectivity index (χ0) is 11.4. The van der Waals surface area contributed by atoms with Crippen LogP contribution in [0.3, 0.4) is 0 Å². The molecule has 4 heteroatoms. The van der Waals surface area contributed by atoms with Crippen molar-refractivity contribution in [2.24, 2.45) is 0 Å². The van der Waals surface area contributed by atoms with Gasteiger partial charge in [0.15, 0.2) is 4.67 Å². The SMILES string of the molecule is CC(NCCC1CCCO1)c1ccc(Br)o1. The fraction of sp³-hybridized carbons (Fsp3) is 0.667. The molecular weight excluding hydrogens is 270 g/mol. The molecule has 90 valence electrons. The molecule has 0 radical (unpaired) electrons. The smallest absolute Gasteiger partial charge is 0.169 e. The van der Waals surface area contributed by atoms with Crippen LogP contribution in [0, 0.1) is 0 Å². The highest BCUT2D eigenvalue weighted by atomic mass is 79.9. The van der Waals surface area contributed by atoms with E-state index in [-0.39, 0.29) is 6.04 Å². The predicted molar refractivity (Wildman–Crippen MR) is 66.4 cm³/mol. The lowest BCUT2D eigenvalue weighted by Crippen LogP contribution is -2.23. The molecule has 2 unspecified atom stereocenters. The highest BCUT2D eigenvalue weighted by Gasteiger charge is 2.15. The summed E-state index contributed by atoms with van der Waals surface area (Å²) in [6.07, 6.45) is 3.97. The van der Waals surface area contributed by atoms with Crippen LogP contribution in [0.5, 0.6) is 0 Å². The Morgan fingerprint density at radius 3 is 3.06 bits per heavy atom. The van der Waals surface area contributed by atoms with Crippen molar-refractivity contribution in [3.8, 4) is 0 Å². The predicted octanol–water partition coefficient (Wildman–Crippen LogP) is 3.26. The number of hydrogen-bond donors (Lipinski definition) is 1. The summed E-state index contributed by atoms with van der Waals surface area (Å²) >= 11 is 3.31. The van der Waals surface area contributed by atoms with Crippen LogP contribution in [-0.4, -0.2) is 19.3 Å². The fourth-order valence-corrected chi connectivity index (χ4v) is 2.31. The Balaban J connectivity index is 1.69. The maximum Gasteiger partial charge on any atom is 0.169 e. The van der Waals surface area contributed by atoms with Gasteiger partial charge in [-0.1, -0.05) is 0 Å². The van der Waals surface area contributed by atoms with Crippen LogP contribution in [0.1, 0.15) is 38.0 Å². The van der Waals surface area contributed by atoms with Gasteiger partial charge in [-0.3, -0.25) is 0 Å². The maximum atomic E-state index is 5.57. The van der Waals surface area contributed by atoms with E-state index in [9.17, 15) is 0 Å². The van der Waals surface area contributed by atoms with E-state index in [1.807, 2.05) is 12.1 Å². The Morgan fingerprint density at radius 1 is 1.56 bits per heavy atom. The van der Waals surface area contributed by atoms with Gasteiger partial charge in [0.2, 0.25) is 0 Å². The Kier molecular flexibility index (Phi) is 4.44. The third kappa shape index (κ3) is 3.34. The van der Waals surface area contributed by atoms with E-state index in [1.165, 1.54) is 12.8 Å². The van der Waals surface area contributed by atoms with Crippen molar-refractivity contribution in [2.75, 3.05) is 13.2 Å². The summed E-state index contributed by atoms with van der Waals surface area (Å²) in [5.41, 5.74) is 0. The van der Waals surface area contributed by atoms with E-state index < -0.39 is 0 Å². The lowest BCUT2D eigenvalue weighted by atomic mass is 10.1. The minimum absolute atomic E-state index is 0.257. The van der Waals surface area contributed by atoms with Gasteiger partial charge in [0.25, 0.3) is 0 Å². The van der Waals surface area contributed by atoms with E-state index in [1.54, 1.807) is 0 Å². The lowest BCUT2D eigenvalue weighted by Gasteiger charge is -2.13. The molecule has 1 N–H and O–H groups in total. The standard InChI is InChI=1S/C12H18BrNO2/c1-9(11-4-5-12(13)16-11)14-7-6-10-3-2-8-15-10/h4-5,9-10,14H,2-3,6-8H2,1H3. The molecule has 0 aliphatic carbocycles. The Bertz CT molecular complexity index is 321. The van der Waals surface area contributed by atoms with Gasteiger partial charge in [-0.05, 0) is 60.8 Å². The lowest BCUT2D eigenvalue weighted by molar-refractivity contribution is 0.103. The van der Waals surface area contributed by atoms with E-state index in [0.29, 0.717) is 6.10 Å². The van der Waals surface area contributed by atoms with Crippen LogP contribution in [0.2, 0.25) is 0 Å². The zero-order valence-corrected chi connectivity index (χ0v) is 11.1. The summed E-state index contributed by atoms with van der Waals surface area (Å²) in [7, 11) is 0. The molecule has 0 spiro atoms. The number of ether oxygens (including phenoxy) is 1. The second-order valence-corrected chi connectivity index (χ2v) is 5.02. The molecule has 2 atom stereocenters. The van der Waals surface area contributed by atoms with Crippen molar-refractivity contribution in [2.45, 2.75) is 38.3 Å². The van der Waals surface area contributed by atoms with Crippen LogP contribution in [-0.2, 0) is 4.74 Å². The molecule has 0 amide bonds. The summed E-state index contributed by atoms with van der Waals surface area (Å²) in [4.78, 5) is 0. The first kappa shape index (κ1) is 12.1. The van der Waals surface area contributed by atoms with Crippen LogP contribution < -0.4 is 5.32 Å². The molecular formula is C12H18BrNO2. The van der Waals surface area contributed by atoms with Gasteiger partial charge in [-0.15, -0.1) is 0 Å². The van der Waals surface area contributed by atoms with Crippen molar-refractivity contribution in [1.82, 2.24) is 5.32 Å². The molecule has 1 saturated heterocycles. The van der Waals surface area contributed by atoms with E-state index >= 15 is 0 Å². The van der Waals surface area contributed by atoms with E-state index in [0.717, 1.165) is 30.0 Å².